The molecule has 0 fully saturated rings. The summed E-state index contributed by atoms with van der Waals surface area (Å²) in [4.78, 5) is 27.8. The van der Waals surface area contributed by atoms with E-state index in [1.165, 1.54) is 65.6 Å². The number of nitrogens with one attached hydrogen (secondary N) is 1. The van der Waals surface area contributed by atoms with Gasteiger partial charge in [0.15, 0.2) is 0 Å². The highest BCUT2D eigenvalue weighted by molar-refractivity contribution is 7.92. The van der Waals surface area contributed by atoms with Crippen LogP contribution in [0.1, 0.15) is 25.8 Å². The highest BCUT2D eigenvalue weighted by Gasteiger charge is 2.32. The number of halogens is 3. The minimum Gasteiger partial charge on any atom is -0.354 e. The minimum atomic E-state index is -4.24. The summed E-state index contributed by atoms with van der Waals surface area (Å²) < 4.78 is 41.8. The van der Waals surface area contributed by atoms with E-state index in [2.05, 4.69) is 5.32 Å². The lowest BCUT2D eigenvalue weighted by Crippen LogP contribution is -2.51. The predicted molar refractivity (Wildman–Crippen MR) is 147 cm³/mol. The Labute approximate surface area is 232 Å². The van der Waals surface area contributed by atoms with Gasteiger partial charge in [-0.2, -0.15) is 0 Å². The second-order valence-corrected chi connectivity index (χ2v) is 11.3. The Balaban J connectivity index is 2.01. The maximum absolute atomic E-state index is 13.7. The minimum absolute atomic E-state index is 0.0375. The van der Waals surface area contributed by atoms with Crippen LogP contribution < -0.4 is 9.62 Å². The number of carbonyl (C=O) groups excluding carboxylic acids is 2. The summed E-state index contributed by atoms with van der Waals surface area (Å²) in [6, 6.07) is 16.3. The topological polar surface area (TPSA) is 86.8 Å². The van der Waals surface area contributed by atoms with E-state index >= 15 is 0 Å². The number of hydrogen-bond donors (Lipinski definition) is 1. The molecule has 11 heteroatoms. The van der Waals surface area contributed by atoms with Gasteiger partial charge >= 0.3 is 0 Å². The van der Waals surface area contributed by atoms with E-state index in [0.717, 1.165) is 4.31 Å². The molecular formula is C27H28Cl2FN3O4S. The van der Waals surface area contributed by atoms with Gasteiger partial charge in [-0.3, -0.25) is 13.9 Å². The number of hydrogen-bond acceptors (Lipinski definition) is 4. The SMILES string of the molecule is CCCNC(=O)[C@@H](C)N(Cc1ccc(F)cc1)C(=O)CN(c1cccc(Cl)c1)S(=O)(=O)c1ccc(Cl)cc1. The lowest BCUT2D eigenvalue weighted by molar-refractivity contribution is -0.139. The fourth-order valence-corrected chi connectivity index (χ4v) is 5.38. The molecule has 0 saturated heterocycles. The van der Waals surface area contributed by atoms with Crippen molar-refractivity contribution in [3.63, 3.8) is 0 Å². The van der Waals surface area contributed by atoms with Gasteiger partial charge in [-0.1, -0.05) is 48.3 Å². The summed E-state index contributed by atoms with van der Waals surface area (Å²) in [5, 5.41) is 3.39. The van der Waals surface area contributed by atoms with Crippen molar-refractivity contribution in [2.75, 3.05) is 17.4 Å². The highest BCUT2D eigenvalue weighted by Crippen LogP contribution is 2.27. The van der Waals surface area contributed by atoms with Gasteiger partial charge in [0.1, 0.15) is 18.4 Å². The van der Waals surface area contributed by atoms with E-state index in [4.69, 9.17) is 23.2 Å². The highest BCUT2D eigenvalue weighted by atomic mass is 35.5. The van der Waals surface area contributed by atoms with Crippen molar-refractivity contribution >= 4 is 50.7 Å². The fraction of sp³-hybridized carbons (Fsp3) is 0.259. The molecule has 3 aromatic carbocycles. The first-order chi connectivity index (χ1) is 18.0. The molecule has 1 N–H and O–H groups in total. The lowest BCUT2D eigenvalue weighted by atomic mass is 10.1. The van der Waals surface area contributed by atoms with Crippen LogP contribution in [0.3, 0.4) is 0 Å². The van der Waals surface area contributed by atoms with Crippen molar-refractivity contribution in [2.24, 2.45) is 0 Å². The molecule has 0 aromatic heterocycles. The number of nitrogens with zero attached hydrogens (tertiary/aromatic N) is 2. The first-order valence-electron chi connectivity index (χ1n) is 11.9. The van der Waals surface area contributed by atoms with Crippen molar-refractivity contribution in [2.45, 2.75) is 37.8 Å². The fourth-order valence-electron chi connectivity index (χ4n) is 3.66. The Kier molecular flexibility index (Phi) is 10.1. The molecule has 0 spiro atoms. The Hall–Kier alpha value is -3.14. The predicted octanol–water partition coefficient (Wildman–Crippen LogP) is 5.27. The summed E-state index contributed by atoms with van der Waals surface area (Å²) in [5.74, 6) is -1.47. The molecule has 3 aromatic rings. The normalized spacial score (nSPS) is 12.0. The van der Waals surface area contributed by atoms with Crippen molar-refractivity contribution in [1.82, 2.24) is 10.2 Å². The van der Waals surface area contributed by atoms with E-state index in [0.29, 0.717) is 23.6 Å². The molecule has 0 aliphatic heterocycles. The molecule has 0 radical (unpaired) electrons. The summed E-state index contributed by atoms with van der Waals surface area (Å²) in [7, 11) is -4.24. The molecule has 7 nitrogen and oxygen atoms in total. The number of sulfonamides is 1. The van der Waals surface area contributed by atoms with Crippen LogP contribution in [0, 0.1) is 5.82 Å². The first kappa shape index (κ1) is 29.4. The summed E-state index contributed by atoms with van der Waals surface area (Å²) in [5.41, 5.74) is 0.746. The van der Waals surface area contributed by atoms with Crippen molar-refractivity contribution < 1.29 is 22.4 Å². The van der Waals surface area contributed by atoms with Crippen molar-refractivity contribution in [3.8, 4) is 0 Å². The number of carbonyl (C=O) groups is 2. The number of rotatable bonds is 11. The Morgan fingerprint density at radius 3 is 2.24 bits per heavy atom. The third-order valence-corrected chi connectivity index (χ3v) is 8.03. The average molecular weight is 581 g/mol. The molecule has 3 rings (SSSR count). The van der Waals surface area contributed by atoms with Crippen LogP contribution in [-0.2, 0) is 26.2 Å². The molecule has 0 aliphatic rings. The van der Waals surface area contributed by atoms with Gasteiger partial charge in [0.2, 0.25) is 11.8 Å². The zero-order valence-electron chi connectivity index (χ0n) is 20.9. The maximum atomic E-state index is 13.7. The summed E-state index contributed by atoms with van der Waals surface area (Å²) in [6.45, 7) is 3.23. The van der Waals surface area contributed by atoms with Gasteiger partial charge in [0, 0.05) is 23.1 Å². The average Bonchev–Trinajstić information content (AvgIpc) is 2.89. The van der Waals surface area contributed by atoms with Crippen molar-refractivity contribution in [1.29, 1.82) is 0 Å². The van der Waals surface area contributed by atoms with E-state index in [9.17, 15) is 22.4 Å². The van der Waals surface area contributed by atoms with Crippen LogP contribution in [0.4, 0.5) is 10.1 Å². The van der Waals surface area contributed by atoms with Gasteiger partial charge in [-0.25, -0.2) is 12.8 Å². The van der Waals surface area contributed by atoms with E-state index in [-0.39, 0.29) is 22.2 Å². The van der Waals surface area contributed by atoms with Gasteiger partial charge in [-0.05, 0) is 73.5 Å². The maximum Gasteiger partial charge on any atom is 0.264 e. The summed E-state index contributed by atoms with van der Waals surface area (Å²) >= 11 is 12.1. The molecule has 0 bridgehead atoms. The molecule has 38 heavy (non-hydrogen) atoms. The van der Waals surface area contributed by atoms with Crippen molar-refractivity contribution in [3.05, 3.63) is 94.2 Å². The quantitative estimate of drug-likeness (QED) is 0.335. The molecule has 1 atom stereocenters. The zero-order valence-corrected chi connectivity index (χ0v) is 23.2. The molecule has 0 aliphatic carbocycles. The Morgan fingerprint density at radius 2 is 1.63 bits per heavy atom. The largest absolute Gasteiger partial charge is 0.354 e. The standard InChI is InChI=1S/C27H28Cl2FN3O4S/c1-3-15-31-27(35)19(2)32(17-20-7-11-23(30)12-8-20)26(34)18-33(24-6-4-5-22(29)16-24)38(36,37)25-13-9-21(28)10-14-25/h4-14,16,19H,3,15,17-18H2,1-2H3,(H,31,35)/t19-/m1/s1. The number of amides is 2. The van der Waals surface area contributed by atoms with Gasteiger partial charge in [-0.15, -0.1) is 0 Å². The summed E-state index contributed by atoms with van der Waals surface area (Å²) in [6.07, 6.45) is 0.701. The monoisotopic (exact) mass is 579 g/mol. The molecular weight excluding hydrogens is 552 g/mol. The van der Waals surface area contributed by atoms with Crippen LogP contribution >= 0.6 is 23.2 Å². The van der Waals surface area contributed by atoms with Crippen LogP contribution in [-0.4, -0.2) is 44.3 Å². The molecule has 0 unspecified atom stereocenters. The van der Waals surface area contributed by atoms with E-state index in [1.54, 1.807) is 19.1 Å². The molecule has 202 valence electrons. The second kappa shape index (κ2) is 13.1. The first-order valence-corrected chi connectivity index (χ1v) is 14.1. The van der Waals surface area contributed by atoms with Gasteiger partial charge in [0.05, 0.1) is 10.6 Å². The van der Waals surface area contributed by atoms with Crippen LogP contribution in [0.2, 0.25) is 10.0 Å². The van der Waals surface area contributed by atoms with E-state index < -0.39 is 40.2 Å². The molecule has 0 saturated carbocycles. The second-order valence-electron chi connectivity index (χ2n) is 8.56. The number of benzene rings is 3. The lowest BCUT2D eigenvalue weighted by Gasteiger charge is -2.32. The van der Waals surface area contributed by atoms with Gasteiger partial charge in [0.25, 0.3) is 10.0 Å². The van der Waals surface area contributed by atoms with E-state index in [1.807, 2.05) is 6.92 Å². The molecule has 2 amide bonds. The van der Waals surface area contributed by atoms with Crippen LogP contribution in [0.5, 0.6) is 0 Å². The van der Waals surface area contributed by atoms with Crippen LogP contribution in [0.15, 0.2) is 77.7 Å². The number of anilines is 1. The van der Waals surface area contributed by atoms with Gasteiger partial charge < -0.3 is 10.2 Å². The Morgan fingerprint density at radius 1 is 0.974 bits per heavy atom. The third kappa shape index (κ3) is 7.46. The van der Waals surface area contributed by atoms with Crippen LogP contribution in [0.25, 0.3) is 0 Å². The third-order valence-electron chi connectivity index (χ3n) is 5.76. The smallest absolute Gasteiger partial charge is 0.264 e. The molecule has 0 heterocycles. The zero-order chi connectivity index (χ0) is 27.9. The Bertz CT molecular complexity index is 1370.